The third-order valence-corrected chi connectivity index (χ3v) is 6.11. The lowest BCUT2D eigenvalue weighted by Gasteiger charge is -2.18. The quantitative estimate of drug-likeness (QED) is 0.232. The first-order valence-electron chi connectivity index (χ1n) is 9.29. The monoisotopic (exact) mass is 480 g/mol. The molecule has 3 aromatic rings. The number of hydrogen-bond donors (Lipinski definition) is 1. The molecule has 148 valence electrons. The molecule has 0 aliphatic carbocycles. The van der Waals surface area contributed by atoms with E-state index in [0.29, 0.717) is 34.3 Å². The van der Waals surface area contributed by atoms with Crippen LogP contribution >= 0.6 is 15.8 Å². The van der Waals surface area contributed by atoms with Crippen LogP contribution in [0.25, 0.3) is 11.3 Å². The third-order valence-electron chi connectivity index (χ3n) is 5.19. The van der Waals surface area contributed by atoms with E-state index in [2.05, 4.69) is 30.8 Å². The van der Waals surface area contributed by atoms with Crippen molar-refractivity contribution in [3.8, 4) is 11.3 Å². The van der Waals surface area contributed by atoms with Gasteiger partial charge in [0.25, 0.3) is 5.54 Å². The van der Waals surface area contributed by atoms with Crippen LogP contribution in [-0.4, -0.2) is 69.9 Å². The summed E-state index contributed by atoms with van der Waals surface area (Å²) in [6.07, 6.45) is 1.62. The van der Waals surface area contributed by atoms with E-state index < -0.39 is 11.4 Å². The molecule has 1 aliphatic rings. The van der Waals surface area contributed by atoms with Gasteiger partial charge in [0.05, 0.1) is 24.1 Å². The number of fused-ring (bicyclic) bond motifs is 3. The molecule has 2 N–H and O–H groups in total. The molecule has 0 amide bonds. The Bertz CT molecular complexity index is 1330. The highest BCUT2D eigenvalue weighted by molar-refractivity contribution is 9.25. The first-order chi connectivity index (χ1) is 15.1. The van der Waals surface area contributed by atoms with Gasteiger partial charge in [0, 0.05) is 12.5 Å². The Labute approximate surface area is 197 Å². The van der Waals surface area contributed by atoms with Gasteiger partial charge in [-0.3, -0.25) is 14.8 Å². The lowest BCUT2D eigenvalue weighted by Crippen LogP contribution is -2.58. The summed E-state index contributed by atoms with van der Waals surface area (Å²) in [5.74, 6) is -0.549. The number of pyridine rings is 1. The van der Waals surface area contributed by atoms with Crippen molar-refractivity contribution in [2.45, 2.75) is 6.54 Å². The molecule has 4 rings (SSSR count). The minimum absolute atomic E-state index is 0.105. The summed E-state index contributed by atoms with van der Waals surface area (Å²) in [4.78, 5) is 20.2. The van der Waals surface area contributed by atoms with E-state index in [1.807, 2.05) is 0 Å². The largest absolute Gasteiger partial charge is 0.369 e. The fourth-order valence-electron chi connectivity index (χ4n) is 3.65. The fourth-order valence-corrected chi connectivity index (χ4v) is 4.54. The molecule has 1 aromatic carbocycles. The van der Waals surface area contributed by atoms with E-state index in [1.165, 1.54) is 17.1 Å². The molecule has 32 heavy (non-hydrogen) atoms. The highest BCUT2D eigenvalue weighted by Crippen LogP contribution is 2.19. The third kappa shape index (κ3) is 3.50. The van der Waals surface area contributed by atoms with Gasteiger partial charge < -0.3 is 5.73 Å². The fraction of sp³-hybridized carbons (Fsp3) is 0.111. The van der Waals surface area contributed by atoms with Gasteiger partial charge in [-0.2, -0.15) is 5.10 Å². The van der Waals surface area contributed by atoms with Crippen LogP contribution in [0.15, 0.2) is 23.4 Å². The van der Waals surface area contributed by atoms with Gasteiger partial charge in [0.2, 0.25) is 12.4 Å². The smallest absolute Gasteiger partial charge is 0.294 e. The Hall–Kier alpha value is -2.75. The van der Waals surface area contributed by atoms with Crippen LogP contribution in [0.1, 0.15) is 5.69 Å². The van der Waals surface area contributed by atoms with Crippen LogP contribution < -0.4 is 44.0 Å². The molecule has 8 radical (unpaired) electrons. The number of carbonyl (C=O) groups is 1. The molecule has 3 heterocycles. The topological polar surface area (TPSA) is 89.4 Å². The molecule has 0 saturated heterocycles. The molecular weight excluding hydrogens is 469 g/mol. The number of hydrogen-bond acceptors (Lipinski definition) is 6. The van der Waals surface area contributed by atoms with Gasteiger partial charge in [-0.1, -0.05) is 10.9 Å². The van der Waals surface area contributed by atoms with Gasteiger partial charge in [-0.15, -0.1) is 32.1 Å². The van der Waals surface area contributed by atoms with Crippen molar-refractivity contribution in [1.82, 2.24) is 19.5 Å². The number of nitrogens with two attached hydrogens (primary N) is 1. The van der Waals surface area contributed by atoms with Crippen molar-refractivity contribution in [2.24, 2.45) is 5.10 Å². The van der Waals surface area contributed by atoms with Crippen LogP contribution in [0, 0.1) is 5.82 Å². The van der Waals surface area contributed by atoms with E-state index in [1.54, 1.807) is 7.05 Å². The summed E-state index contributed by atoms with van der Waals surface area (Å²) in [5.41, 5.74) is 9.01. The number of nitrogens with zero attached hydrogens (tertiary/aromatic N) is 5. The molecule has 0 fully saturated rings. The Morgan fingerprint density at radius 2 is 1.91 bits per heavy atom. The van der Waals surface area contributed by atoms with Crippen molar-refractivity contribution in [3.05, 3.63) is 35.3 Å². The Kier molecular flexibility index (Phi) is 5.83. The van der Waals surface area contributed by atoms with Crippen LogP contribution in [0.4, 0.5) is 10.3 Å². The maximum absolute atomic E-state index is 13.2. The number of benzene rings is 1. The Balaban J connectivity index is 1.94. The van der Waals surface area contributed by atoms with Crippen molar-refractivity contribution in [1.29, 1.82) is 0 Å². The normalized spacial score (nSPS) is 12.6. The van der Waals surface area contributed by atoms with Gasteiger partial charge in [0.1, 0.15) is 37.2 Å². The standard InChI is InChI=1S/C18H11B5BrFN6O/c1-30(5-8-3-2-7(25)4-27-8)29-17-15-16(28-18(26)31(17)6-32)9-10(19)11(20)12(21)13(22)14(9)23(15)24/h2-4,6H,5H2,1H3,(H2,26,28)/b29-17-. The second-order valence-electron chi connectivity index (χ2n) is 7.22. The highest BCUT2D eigenvalue weighted by Gasteiger charge is 2.37. The molecule has 0 saturated carbocycles. The molecule has 1 aliphatic heterocycles. The van der Waals surface area contributed by atoms with Gasteiger partial charge in [-0.05, 0) is 17.7 Å². The summed E-state index contributed by atoms with van der Waals surface area (Å²) >= 11 is 3.61. The lowest BCUT2D eigenvalue weighted by atomic mass is 9.56. The summed E-state index contributed by atoms with van der Waals surface area (Å²) in [5, 5.41) is 6.09. The molecule has 0 bridgehead atoms. The first kappa shape index (κ1) is 22.4. The maximum Gasteiger partial charge on any atom is 0.294 e. The summed E-state index contributed by atoms with van der Waals surface area (Å²) in [7, 11) is 26.2. The van der Waals surface area contributed by atoms with Crippen molar-refractivity contribution < 1.29 is 9.18 Å². The predicted molar refractivity (Wildman–Crippen MR) is 131 cm³/mol. The van der Waals surface area contributed by atoms with Crippen LogP contribution in [0.3, 0.4) is 0 Å². The van der Waals surface area contributed by atoms with Gasteiger partial charge in [0.15, 0.2) is 5.49 Å². The molecule has 0 unspecified atom stereocenters. The molecule has 2 aromatic heterocycles. The first-order valence-corrected chi connectivity index (χ1v) is 10.2. The van der Waals surface area contributed by atoms with Gasteiger partial charge in [-0.25, -0.2) is 13.9 Å². The molecule has 14 heteroatoms. The average molecular weight is 480 g/mol. The zero-order valence-corrected chi connectivity index (χ0v) is 18.5. The van der Waals surface area contributed by atoms with E-state index in [4.69, 9.17) is 37.1 Å². The minimum atomic E-state index is -0.534. The van der Waals surface area contributed by atoms with Crippen LogP contribution in [0.5, 0.6) is 0 Å². The molecule has 7 nitrogen and oxygen atoms in total. The van der Waals surface area contributed by atoms with Crippen LogP contribution in [-0.2, 0) is 11.3 Å². The number of anilines is 1. The van der Waals surface area contributed by atoms with E-state index in [0.717, 1.165) is 10.8 Å². The zero-order valence-electron chi connectivity index (χ0n) is 16.9. The van der Waals surface area contributed by atoms with Gasteiger partial charge >= 0.3 is 0 Å². The number of halogens is 2. The number of nitrogen functional groups attached to an aromatic ring is 1. The SMILES string of the molecule is [B]c1c([B])c([B])c2c(c1[B])B(Br)c1c-2nc(N)n(C=O)/c1=N\N(C)Cc1ccc(F)cn1. The number of rotatable bonds is 4. The molecular formula is C18H11B5BrFN6O. The van der Waals surface area contributed by atoms with E-state index in [-0.39, 0.29) is 39.8 Å². The highest BCUT2D eigenvalue weighted by atomic mass is 79.9. The number of aromatic nitrogens is 3. The van der Waals surface area contributed by atoms with E-state index in [9.17, 15) is 9.18 Å². The number of carbonyl (C=O) groups excluding carboxylic acids is 1. The summed E-state index contributed by atoms with van der Waals surface area (Å²) < 4.78 is 14.3. The minimum Gasteiger partial charge on any atom is -0.369 e. The second kappa shape index (κ2) is 8.31. The van der Waals surface area contributed by atoms with Crippen LogP contribution in [0.2, 0.25) is 0 Å². The second-order valence-corrected chi connectivity index (χ2v) is 8.14. The molecule has 0 atom stereocenters. The summed E-state index contributed by atoms with van der Waals surface area (Å²) in [6.45, 7) is 0.236. The Morgan fingerprint density at radius 1 is 1.22 bits per heavy atom. The average Bonchev–Trinajstić information content (AvgIpc) is 3.04. The summed E-state index contributed by atoms with van der Waals surface area (Å²) in [6, 6.07) is 2.84. The molecule has 0 spiro atoms. The zero-order chi connectivity index (χ0) is 23.3. The van der Waals surface area contributed by atoms with Crippen molar-refractivity contribution in [3.63, 3.8) is 0 Å². The van der Waals surface area contributed by atoms with Crippen molar-refractivity contribution >= 4 is 97.8 Å². The van der Waals surface area contributed by atoms with E-state index >= 15 is 0 Å². The maximum atomic E-state index is 13.2. The Morgan fingerprint density at radius 3 is 2.53 bits per heavy atom. The lowest BCUT2D eigenvalue weighted by molar-refractivity contribution is 0.326. The van der Waals surface area contributed by atoms with Crippen molar-refractivity contribution in [2.75, 3.05) is 12.8 Å². The predicted octanol–water partition coefficient (Wildman–Crippen LogP) is -4.36.